The Bertz CT molecular complexity index is 727. The van der Waals surface area contributed by atoms with Crippen molar-refractivity contribution < 1.29 is 13.9 Å². The van der Waals surface area contributed by atoms with Gasteiger partial charge in [-0.05, 0) is 43.4 Å². The molecular weight excluding hydrogens is 284 g/mol. The van der Waals surface area contributed by atoms with Gasteiger partial charge in [-0.1, -0.05) is 18.2 Å². The van der Waals surface area contributed by atoms with E-state index in [4.69, 9.17) is 0 Å². The maximum Gasteiger partial charge on any atom is 0.162 e. The largest absolute Gasteiger partial charge is 0.388 e. The zero-order chi connectivity index (χ0) is 15.3. The Kier molecular flexibility index (Phi) is 3.05. The Hall–Kier alpha value is -1.81. The highest BCUT2D eigenvalue weighted by Crippen LogP contribution is 2.57. The Labute approximate surface area is 127 Å². The molecule has 2 atom stereocenters. The van der Waals surface area contributed by atoms with Crippen molar-refractivity contribution in [1.82, 2.24) is 4.98 Å². The molecular formula is C18H17F2NO. The second-order valence-electron chi connectivity index (χ2n) is 6.45. The van der Waals surface area contributed by atoms with Crippen molar-refractivity contribution >= 4 is 0 Å². The van der Waals surface area contributed by atoms with Crippen molar-refractivity contribution in [2.75, 3.05) is 0 Å². The van der Waals surface area contributed by atoms with Crippen molar-refractivity contribution in [3.05, 3.63) is 65.0 Å². The summed E-state index contributed by atoms with van der Waals surface area (Å²) in [6.45, 7) is 0. The molecule has 1 aromatic carbocycles. The third-order valence-electron chi connectivity index (χ3n) is 5.21. The fraction of sp³-hybridized carbons (Fsp3) is 0.389. The minimum absolute atomic E-state index is 0.0378. The van der Waals surface area contributed by atoms with Gasteiger partial charge < -0.3 is 5.11 Å². The molecule has 22 heavy (non-hydrogen) atoms. The summed E-state index contributed by atoms with van der Waals surface area (Å²) in [4.78, 5) is 4.49. The normalized spacial score (nSPS) is 25.6. The first-order valence-electron chi connectivity index (χ1n) is 7.70. The van der Waals surface area contributed by atoms with Gasteiger partial charge >= 0.3 is 0 Å². The lowest BCUT2D eigenvalue weighted by molar-refractivity contribution is 0.140. The number of halogens is 2. The molecule has 2 aromatic rings. The molecule has 1 aromatic heterocycles. The van der Waals surface area contributed by atoms with Crippen LogP contribution in [-0.4, -0.2) is 10.1 Å². The third kappa shape index (κ3) is 1.97. The second kappa shape index (κ2) is 4.85. The number of aliphatic hydroxyl groups is 1. The highest BCUT2D eigenvalue weighted by molar-refractivity contribution is 5.39. The summed E-state index contributed by atoms with van der Waals surface area (Å²) in [6.07, 6.45) is 4.51. The van der Waals surface area contributed by atoms with Crippen LogP contribution in [0.3, 0.4) is 0 Å². The van der Waals surface area contributed by atoms with Gasteiger partial charge in [-0.25, -0.2) is 8.78 Å². The maximum absolute atomic E-state index is 14.2. The molecule has 4 heteroatoms. The van der Waals surface area contributed by atoms with Crippen LogP contribution in [0.25, 0.3) is 0 Å². The van der Waals surface area contributed by atoms with Crippen LogP contribution < -0.4 is 0 Å². The first-order valence-corrected chi connectivity index (χ1v) is 7.70. The van der Waals surface area contributed by atoms with Crippen LogP contribution in [0.5, 0.6) is 0 Å². The number of hydrogen-bond acceptors (Lipinski definition) is 2. The number of aliphatic hydroxyl groups excluding tert-OH is 1. The highest BCUT2D eigenvalue weighted by Gasteiger charge is 2.50. The highest BCUT2D eigenvalue weighted by atomic mass is 19.2. The molecule has 0 saturated heterocycles. The predicted octanol–water partition coefficient (Wildman–Crippen LogP) is 4.00. The van der Waals surface area contributed by atoms with Crippen LogP contribution in [0.1, 0.15) is 54.5 Å². The Morgan fingerprint density at radius 1 is 1.05 bits per heavy atom. The van der Waals surface area contributed by atoms with Gasteiger partial charge in [-0.3, -0.25) is 4.98 Å². The van der Waals surface area contributed by atoms with Gasteiger partial charge in [0.05, 0.1) is 11.8 Å². The Morgan fingerprint density at radius 3 is 2.59 bits per heavy atom. The SMILES string of the molecule is O[C@H]1c2cccnc2C2(CC[C@H]1c1cccc(F)c1F)CC2. The molecule has 1 fully saturated rings. The van der Waals surface area contributed by atoms with Crippen molar-refractivity contribution in [3.63, 3.8) is 0 Å². The molecule has 2 nitrogen and oxygen atoms in total. The summed E-state index contributed by atoms with van der Waals surface area (Å²) < 4.78 is 27.7. The lowest BCUT2D eigenvalue weighted by atomic mass is 9.87. The summed E-state index contributed by atoms with van der Waals surface area (Å²) in [7, 11) is 0. The quantitative estimate of drug-likeness (QED) is 0.863. The number of nitrogens with zero attached hydrogens (tertiary/aromatic N) is 1. The summed E-state index contributed by atoms with van der Waals surface area (Å²) >= 11 is 0. The molecule has 2 aliphatic carbocycles. The lowest BCUT2D eigenvalue weighted by Gasteiger charge is -2.22. The zero-order valence-corrected chi connectivity index (χ0v) is 12.1. The molecule has 1 saturated carbocycles. The number of rotatable bonds is 1. The predicted molar refractivity (Wildman–Crippen MR) is 78.4 cm³/mol. The smallest absolute Gasteiger partial charge is 0.162 e. The van der Waals surface area contributed by atoms with Crippen molar-refractivity contribution in [2.24, 2.45) is 0 Å². The van der Waals surface area contributed by atoms with E-state index < -0.39 is 23.7 Å². The van der Waals surface area contributed by atoms with Crippen LogP contribution >= 0.6 is 0 Å². The van der Waals surface area contributed by atoms with E-state index in [1.54, 1.807) is 18.3 Å². The van der Waals surface area contributed by atoms with E-state index in [-0.39, 0.29) is 11.0 Å². The van der Waals surface area contributed by atoms with E-state index in [1.165, 1.54) is 6.07 Å². The van der Waals surface area contributed by atoms with Crippen LogP contribution in [-0.2, 0) is 5.41 Å². The van der Waals surface area contributed by atoms with Crippen LogP contribution in [0.2, 0.25) is 0 Å². The minimum atomic E-state index is -0.860. The van der Waals surface area contributed by atoms with Gasteiger partial charge in [-0.2, -0.15) is 0 Å². The van der Waals surface area contributed by atoms with E-state index in [1.807, 2.05) is 6.07 Å². The van der Waals surface area contributed by atoms with Crippen molar-refractivity contribution in [1.29, 1.82) is 0 Å². The lowest BCUT2D eigenvalue weighted by Crippen LogP contribution is -2.13. The third-order valence-corrected chi connectivity index (χ3v) is 5.21. The molecule has 0 radical (unpaired) electrons. The summed E-state index contributed by atoms with van der Waals surface area (Å²) in [5, 5.41) is 10.8. The monoisotopic (exact) mass is 301 g/mol. The fourth-order valence-electron chi connectivity index (χ4n) is 3.79. The molecule has 0 amide bonds. The molecule has 4 rings (SSSR count). The average molecular weight is 301 g/mol. The Balaban J connectivity index is 1.82. The van der Waals surface area contributed by atoms with Gasteiger partial charge in [0.25, 0.3) is 0 Å². The number of pyridine rings is 1. The minimum Gasteiger partial charge on any atom is -0.388 e. The first kappa shape index (κ1) is 13.8. The molecule has 1 heterocycles. The van der Waals surface area contributed by atoms with E-state index in [0.717, 1.165) is 36.6 Å². The number of fused-ring (bicyclic) bond motifs is 2. The standard InChI is InChI=1S/C18H17F2NO/c19-14-5-1-3-11(15(14)20)12-6-7-18(8-9-18)17-13(16(12)22)4-2-10-21-17/h1-5,10,12,16,22H,6-9H2/t12-,16+/m0/s1. The van der Waals surface area contributed by atoms with Gasteiger partial charge in [0, 0.05) is 23.1 Å². The van der Waals surface area contributed by atoms with E-state index >= 15 is 0 Å². The molecule has 0 aliphatic heterocycles. The van der Waals surface area contributed by atoms with Gasteiger partial charge in [-0.15, -0.1) is 0 Å². The van der Waals surface area contributed by atoms with E-state index in [9.17, 15) is 13.9 Å². The summed E-state index contributed by atoms with van der Waals surface area (Å²) in [5.41, 5.74) is 2.02. The number of hydrogen-bond donors (Lipinski definition) is 1. The van der Waals surface area contributed by atoms with Gasteiger partial charge in [0.15, 0.2) is 11.6 Å². The Morgan fingerprint density at radius 2 is 1.82 bits per heavy atom. The zero-order valence-electron chi connectivity index (χ0n) is 12.1. The summed E-state index contributed by atoms with van der Waals surface area (Å²) in [6, 6.07) is 7.85. The molecule has 0 bridgehead atoms. The number of aromatic nitrogens is 1. The second-order valence-corrected chi connectivity index (χ2v) is 6.45. The fourth-order valence-corrected chi connectivity index (χ4v) is 3.79. The van der Waals surface area contributed by atoms with Crippen LogP contribution in [0.4, 0.5) is 8.78 Å². The summed E-state index contributed by atoms with van der Waals surface area (Å²) in [5.74, 6) is -2.14. The molecule has 114 valence electrons. The number of benzene rings is 1. The molecule has 1 N–H and O–H groups in total. The topological polar surface area (TPSA) is 33.1 Å². The average Bonchev–Trinajstić information content (AvgIpc) is 3.33. The van der Waals surface area contributed by atoms with Gasteiger partial charge in [0.1, 0.15) is 0 Å². The molecule has 2 aliphatic rings. The maximum atomic E-state index is 14.2. The van der Waals surface area contributed by atoms with Crippen molar-refractivity contribution in [3.8, 4) is 0 Å². The molecule has 1 spiro atoms. The van der Waals surface area contributed by atoms with Gasteiger partial charge in [0.2, 0.25) is 0 Å². The van der Waals surface area contributed by atoms with Crippen LogP contribution in [0, 0.1) is 11.6 Å². The molecule has 0 unspecified atom stereocenters. The van der Waals surface area contributed by atoms with Crippen molar-refractivity contribution in [2.45, 2.75) is 43.1 Å². The van der Waals surface area contributed by atoms with Crippen LogP contribution in [0.15, 0.2) is 36.5 Å². The first-order chi connectivity index (χ1) is 10.6. The van der Waals surface area contributed by atoms with E-state index in [0.29, 0.717) is 6.42 Å². The van der Waals surface area contributed by atoms with E-state index in [2.05, 4.69) is 4.98 Å².